The van der Waals surface area contributed by atoms with E-state index in [1.807, 2.05) is 18.2 Å². The van der Waals surface area contributed by atoms with E-state index in [2.05, 4.69) is 54.2 Å². The van der Waals surface area contributed by atoms with Crippen LogP contribution >= 0.6 is 15.9 Å². The maximum absolute atomic E-state index is 11.9. The first-order valence-electron chi connectivity index (χ1n) is 6.30. The van der Waals surface area contributed by atoms with Gasteiger partial charge in [0.2, 0.25) is 5.91 Å². The summed E-state index contributed by atoms with van der Waals surface area (Å²) < 4.78 is 0. The lowest BCUT2D eigenvalue weighted by atomic mass is 9.92. The first-order chi connectivity index (χ1) is 8.40. The molecule has 1 amide bonds. The molecule has 0 spiro atoms. The van der Waals surface area contributed by atoms with Gasteiger partial charge in [0.05, 0.1) is 0 Å². The molecule has 0 aliphatic heterocycles. The summed E-state index contributed by atoms with van der Waals surface area (Å²) in [7, 11) is 0. The van der Waals surface area contributed by atoms with Crippen molar-refractivity contribution < 1.29 is 4.79 Å². The van der Waals surface area contributed by atoms with Gasteiger partial charge < -0.3 is 5.32 Å². The second-order valence-electron chi connectivity index (χ2n) is 5.85. The first kappa shape index (κ1) is 15.2. The molecule has 2 nitrogen and oxygen atoms in total. The van der Waals surface area contributed by atoms with Gasteiger partial charge in [-0.3, -0.25) is 4.79 Å². The fourth-order valence-corrected chi connectivity index (χ4v) is 2.19. The summed E-state index contributed by atoms with van der Waals surface area (Å²) in [5.41, 5.74) is 1.28. The van der Waals surface area contributed by atoms with Crippen LogP contribution in [0.25, 0.3) is 0 Å². The highest BCUT2D eigenvalue weighted by atomic mass is 79.9. The molecule has 1 N–H and O–H groups in total. The minimum Gasteiger partial charge on any atom is -0.352 e. The van der Waals surface area contributed by atoms with Crippen molar-refractivity contribution in [2.45, 2.75) is 39.7 Å². The van der Waals surface area contributed by atoms with Crippen LogP contribution in [0.1, 0.15) is 32.8 Å². The molecular formula is C15H22BrNO. The molecule has 1 aromatic rings. The van der Waals surface area contributed by atoms with Crippen molar-refractivity contribution in [3.8, 4) is 0 Å². The molecule has 0 saturated heterocycles. The Hall–Kier alpha value is -0.830. The van der Waals surface area contributed by atoms with E-state index in [-0.39, 0.29) is 17.4 Å². The lowest BCUT2D eigenvalue weighted by Crippen LogP contribution is -2.39. The third kappa shape index (κ3) is 6.20. The van der Waals surface area contributed by atoms with E-state index in [0.29, 0.717) is 6.42 Å². The summed E-state index contributed by atoms with van der Waals surface area (Å²) in [5.74, 6) is 0.128. The number of hydrogen-bond donors (Lipinski definition) is 1. The first-order valence-corrected chi connectivity index (χ1v) is 7.42. The van der Waals surface area contributed by atoms with Gasteiger partial charge in [-0.1, -0.05) is 67.0 Å². The largest absolute Gasteiger partial charge is 0.352 e. The van der Waals surface area contributed by atoms with Gasteiger partial charge in [0.1, 0.15) is 0 Å². The number of nitrogens with one attached hydrogen (secondary N) is 1. The van der Waals surface area contributed by atoms with E-state index in [0.717, 1.165) is 11.8 Å². The predicted molar refractivity (Wildman–Crippen MR) is 79.9 cm³/mol. The van der Waals surface area contributed by atoms with E-state index >= 15 is 0 Å². The summed E-state index contributed by atoms with van der Waals surface area (Å²) in [5, 5.41) is 3.86. The summed E-state index contributed by atoms with van der Waals surface area (Å²) >= 11 is 3.47. The number of alkyl halides is 1. The molecule has 0 saturated carbocycles. The van der Waals surface area contributed by atoms with Crippen LogP contribution in [0, 0.1) is 5.41 Å². The number of hydrogen-bond acceptors (Lipinski definition) is 1. The van der Waals surface area contributed by atoms with Crippen molar-refractivity contribution in [3.05, 3.63) is 35.9 Å². The van der Waals surface area contributed by atoms with Crippen LogP contribution in [0.3, 0.4) is 0 Å². The van der Waals surface area contributed by atoms with Gasteiger partial charge in [0, 0.05) is 17.8 Å². The fourth-order valence-electron chi connectivity index (χ4n) is 1.80. The topological polar surface area (TPSA) is 29.1 Å². The van der Waals surface area contributed by atoms with Gasteiger partial charge in [-0.05, 0) is 17.4 Å². The summed E-state index contributed by atoms with van der Waals surface area (Å²) in [6.45, 7) is 6.23. The Morgan fingerprint density at radius 1 is 1.28 bits per heavy atom. The van der Waals surface area contributed by atoms with Gasteiger partial charge in [-0.15, -0.1) is 0 Å². The van der Waals surface area contributed by atoms with Gasteiger partial charge >= 0.3 is 0 Å². The van der Waals surface area contributed by atoms with Crippen LogP contribution in [0.2, 0.25) is 0 Å². The van der Waals surface area contributed by atoms with E-state index in [4.69, 9.17) is 0 Å². The molecule has 0 aromatic heterocycles. The van der Waals surface area contributed by atoms with E-state index < -0.39 is 0 Å². The zero-order chi connectivity index (χ0) is 13.6. The van der Waals surface area contributed by atoms with Crippen LogP contribution in [0.15, 0.2) is 30.3 Å². The summed E-state index contributed by atoms with van der Waals surface area (Å²) in [6.07, 6.45) is 1.42. The van der Waals surface area contributed by atoms with Crippen LogP contribution in [0.5, 0.6) is 0 Å². The molecule has 1 atom stereocenters. The Morgan fingerprint density at radius 3 is 2.39 bits per heavy atom. The Morgan fingerprint density at radius 2 is 1.89 bits per heavy atom. The molecule has 0 heterocycles. The predicted octanol–water partition coefficient (Wildman–Crippen LogP) is 3.55. The lowest BCUT2D eigenvalue weighted by Gasteiger charge is -2.21. The highest BCUT2D eigenvalue weighted by molar-refractivity contribution is 9.09. The molecule has 0 bridgehead atoms. The normalized spacial score (nSPS) is 13.1. The molecule has 1 unspecified atom stereocenters. The molecule has 18 heavy (non-hydrogen) atoms. The number of rotatable bonds is 5. The Balaban J connectivity index is 2.50. The van der Waals surface area contributed by atoms with Gasteiger partial charge in [-0.25, -0.2) is 0 Å². The minimum atomic E-state index is 0.0354. The molecule has 3 heteroatoms. The lowest BCUT2D eigenvalue weighted by molar-refractivity contribution is -0.123. The number of carbonyl (C=O) groups excluding carboxylic acids is 1. The minimum absolute atomic E-state index is 0.0354. The highest BCUT2D eigenvalue weighted by Crippen LogP contribution is 2.18. The molecule has 1 rings (SSSR count). The maximum atomic E-state index is 11.9. The number of amides is 1. The van der Waals surface area contributed by atoms with Crippen LogP contribution in [-0.2, 0) is 11.2 Å². The van der Waals surface area contributed by atoms with E-state index in [1.165, 1.54) is 5.56 Å². The number of carbonyl (C=O) groups is 1. The summed E-state index contributed by atoms with van der Waals surface area (Å²) in [4.78, 5) is 11.9. The van der Waals surface area contributed by atoms with Crippen LogP contribution in [-0.4, -0.2) is 17.3 Å². The molecule has 0 radical (unpaired) electrons. The zero-order valence-corrected chi connectivity index (χ0v) is 13.0. The van der Waals surface area contributed by atoms with Crippen molar-refractivity contribution in [1.29, 1.82) is 0 Å². The molecule has 100 valence electrons. The van der Waals surface area contributed by atoms with Crippen molar-refractivity contribution in [2.24, 2.45) is 5.41 Å². The average molecular weight is 312 g/mol. The smallest absolute Gasteiger partial charge is 0.220 e. The zero-order valence-electron chi connectivity index (χ0n) is 11.4. The SMILES string of the molecule is CC(C)(C)CC(=O)NC(CBr)Cc1ccccc1. The van der Waals surface area contributed by atoms with E-state index in [1.54, 1.807) is 0 Å². The molecule has 0 aliphatic carbocycles. The van der Waals surface area contributed by atoms with Crippen LogP contribution in [0.4, 0.5) is 0 Å². The number of benzene rings is 1. The van der Waals surface area contributed by atoms with Gasteiger partial charge in [-0.2, -0.15) is 0 Å². The number of halogens is 1. The fraction of sp³-hybridized carbons (Fsp3) is 0.533. The monoisotopic (exact) mass is 311 g/mol. The van der Waals surface area contributed by atoms with Gasteiger partial charge in [0.15, 0.2) is 0 Å². The molecule has 0 aliphatic rings. The van der Waals surface area contributed by atoms with Crippen molar-refractivity contribution in [1.82, 2.24) is 5.32 Å². The average Bonchev–Trinajstić information content (AvgIpc) is 2.27. The van der Waals surface area contributed by atoms with Crippen molar-refractivity contribution in [2.75, 3.05) is 5.33 Å². The molecule has 1 aromatic carbocycles. The molecule has 0 fully saturated rings. The van der Waals surface area contributed by atoms with Crippen molar-refractivity contribution >= 4 is 21.8 Å². The van der Waals surface area contributed by atoms with Crippen molar-refractivity contribution in [3.63, 3.8) is 0 Å². The maximum Gasteiger partial charge on any atom is 0.220 e. The standard InChI is InChI=1S/C15H22BrNO/c1-15(2,3)10-14(18)17-13(11-16)9-12-7-5-4-6-8-12/h4-8,13H,9-11H2,1-3H3,(H,17,18). The Bertz CT molecular complexity index is 370. The summed E-state index contributed by atoms with van der Waals surface area (Å²) in [6, 6.07) is 10.4. The van der Waals surface area contributed by atoms with Gasteiger partial charge in [0.25, 0.3) is 0 Å². The van der Waals surface area contributed by atoms with Crippen LogP contribution < -0.4 is 5.32 Å². The second-order valence-corrected chi connectivity index (χ2v) is 6.49. The second kappa shape index (κ2) is 6.93. The highest BCUT2D eigenvalue weighted by Gasteiger charge is 2.18. The Labute approximate surface area is 118 Å². The van der Waals surface area contributed by atoms with E-state index in [9.17, 15) is 4.79 Å². The Kier molecular flexibility index (Phi) is 5.86. The molecular weight excluding hydrogens is 290 g/mol. The third-order valence-electron chi connectivity index (χ3n) is 2.57. The third-order valence-corrected chi connectivity index (χ3v) is 3.35. The quantitative estimate of drug-likeness (QED) is 0.828.